The number of ether oxygens (including phenoxy) is 2. The first-order valence-corrected chi connectivity index (χ1v) is 4.93. The molecule has 0 aliphatic rings. The molecular formula is C10H10N4O4. The van der Waals surface area contributed by atoms with Gasteiger partial charge >= 0.3 is 12.0 Å². The molecule has 1 N–H and O–H groups in total. The minimum absolute atomic E-state index is 0.00111. The smallest absolute Gasteiger partial charge is 0.340 e. The summed E-state index contributed by atoms with van der Waals surface area (Å²) in [5, 5.41) is 19.6. The Labute approximate surface area is 102 Å². The largest absolute Gasteiger partial charge is 0.497 e. The van der Waals surface area contributed by atoms with Crippen molar-refractivity contribution in [2.45, 2.75) is 0 Å². The molecular weight excluding hydrogens is 240 g/mol. The molecule has 0 amide bonds. The summed E-state index contributed by atoms with van der Waals surface area (Å²) in [6.45, 7) is 0. The highest BCUT2D eigenvalue weighted by molar-refractivity contribution is 5.91. The molecule has 8 heteroatoms. The number of hydrogen-bond donors (Lipinski definition) is 1. The Hall–Kier alpha value is -2.64. The number of rotatable bonds is 4. The predicted octanol–water partition coefficient (Wildman–Crippen LogP) is 0.709. The standard InChI is InChI=1S/C10H10N4O4/c1-14-10(11-12-13-14)18-8-5-6(17-2)3-4-7(8)9(15)16/h3-5H,1-2H3,(H,15,16). The second kappa shape index (κ2) is 4.70. The molecule has 0 aliphatic heterocycles. The van der Waals surface area contributed by atoms with Crippen molar-refractivity contribution < 1.29 is 19.4 Å². The van der Waals surface area contributed by atoms with Gasteiger partial charge in [-0.05, 0) is 22.6 Å². The third-order valence-corrected chi connectivity index (χ3v) is 2.20. The van der Waals surface area contributed by atoms with Crippen LogP contribution in [0.5, 0.6) is 17.5 Å². The highest BCUT2D eigenvalue weighted by Gasteiger charge is 2.15. The van der Waals surface area contributed by atoms with Crippen LogP contribution in [0.3, 0.4) is 0 Å². The van der Waals surface area contributed by atoms with Crippen LogP contribution in [0.4, 0.5) is 0 Å². The molecule has 2 aromatic rings. The van der Waals surface area contributed by atoms with Crippen molar-refractivity contribution >= 4 is 5.97 Å². The van der Waals surface area contributed by atoms with Gasteiger partial charge in [0.15, 0.2) is 0 Å². The number of tetrazole rings is 1. The number of carbonyl (C=O) groups is 1. The van der Waals surface area contributed by atoms with Crippen molar-refractivity contribution in [2.75, 3.05) is 7.11 Å². The van der Waals surface area contributed by atoms with Gasteiger partial charge in [-0.25, -0.2) is 4.79 Å². The lowest BCUT2D eigenvalue weighted by molar-refractivity contribution is 0.0694. The fourth-order valence-corrected chi connectivity index (χ4v) is 1.30. The number of hydrogen-bond acceptors (Lipinski definition) is 6. The summed E-state index contributed by atoms with van der Waals surface area (Å²) in [6.07, 6.45) is 0. The molecule has 1 aromatic carbocycles. The number of aromatic carboxylic acids is 1. The molecule has 0 bridgehead atoms. The predicted molar refractivity (Wildman–Crippen MR) is 58.8 cm³/mol. The first-order chi connectivity index (χ1) is 8.61. The van der Waals surface area contributed by atoms with E-state index < -0.39 is 5.97 Å². The minimum atomic E-state index is -1.11. The SMILES string of the molecule is COc1ccc(C(=O)O)c(Oc2nnnn2C)c1. The van der Waals surface area contributed by atoms with Gasteiger partial charge in [0.2, 0.25) is 0 Å². The normalized spacial score (nSPS) is 10.1. The highest BCUT2D eigenvalue weighted by Crippen LogP contribution is 2.28. The summed E-state index contributed by atoms with van der Waals surface area (Å²) < 4.78 is 11.6. The van der Waals surface area contributed by atoms with E-state index in [0.717, 1.165) is 0 Å². The molecule has 2 rings (SSSR count). The van der Waals surface area contributed by atoms with Crippen LogP contribution in [0, 0.1) is 0 Å². The summed E-state index contributed by atoms with van der Waals surface area (Å²) in [5.74, 6) is -0.521. The summed E-state index contributed by atoms with van der Waals surface area (Å²) in [6, 6.07) is 4.47. The van der Waals surface area contributed by atoms with Crippen molar-refractivity contribution in [1.29, 1.82) is 0 Å². The second-order valence-corrected chi connectivity index (χ2v) is 3.35. The fraction of sp³-hybridized carbons (Fsp3) is 0.200. The van der Waals surface area contributed by atoms with E-state index in [2.05, 4.69) is 15.5 Å². The summed E-state index contributed by atoms with van der Waals surface area (Å²) in [7, 11) is 3.05. The van der Waals surface area contributed by atoms with E-state index in [1.54, 1.807) is 7.05 Å². The number of carboxylic acids is 1. The zero-order valence-electron chi connectivity index (χ0n) is 9.69. The molecule has 94 valence electrons. The van der Waals surface area contributed by atoms with Gasteiger partial charge in [0.05, 0.1) is 7.11 Å². The Kier molecular flexibility index (Phi) is 3.09. The van der Waals surface area contributed by atoms with Gasteiger partial charge in [-0.2, -0.15) is 4.68 Å². The van der Waals surface area contributed by atoms with Gasteiger partial charge < -0.3 is 14.6 Å². The van der Waals surface area contributed by atoms with Crippen LogP contribution < -0.4 is 9.47 Å². The minimum Gasteiger partial charge on any atom is -0.497 e. The van der Waals surface area contributed by atoms with E-state index in [9.17, 15) is 4.79 Å². The maximum atomic E-state index is 11.1. The van der Waals surface area contributed by atoms with Crippen molar-refractivity contribution in [3.05, 3.63) is 23.8 Å². The molecule has 0 unspecified atom stereocenters. The lowest BCUT2D eigenvalue weighted by Crippen LogP contribution is -2.03. The molecule has 0 aliphatic carbocycles. The number of benzene rings is 1. The van der Waals surface area contributed by atoms with E-state index in [1.165, 1.54) is 30.0 Å². The highest BCUT2D eigenvalue weighted by atomic mass is 16.5. The van der Waals surface area contributed by atoms with Gasteiger partial charge in [-0.3, -0.25) is 0 Å². The topological polar surface area (TPSA) is 99.4 Å². The number of aryl methyl sites for hydroxylation is 1. The monoisotopic (exact) mass is 250 g/mol. The number of aromatic nitrogens is 4. The molecule has 0 fully saturated rings. The van der Waals surface area contributed by atoms with Gasteiger partial charge in [0.1, 0.15) is 17.1 Å². The molecule has 8 nitrogen and oxygen atoms in total. The van der Waals surface area contributed by atoms with Crippen LogP contribution in [-0.4, -0.2) is 38.4 Å². The van der Waals surface area contributed by atoms with Crippen molar-refractivity contribution in [3.8, 4) is 17.5 Å². The molecule has 0 radical (unpaired) electrons. The first-order valence-electron chi connectivity index (χ1n) is 4.93. The number of carboxylic acid groups (broad SMARTS) is 1. The molecule has 0 spiro atoms. The lowest BCUT2D eigenvalue weighted by atomic mass is 10.2. The van der Waals surface area contributed by atoms with Gasteiger partial charge in [-0.15, -0.1) is 0 Å². The molecule has 0 saturated carbocycles. The Balaban J connectivity index is 2.41. The second-order valence-electron chi connectivity index (χ2n) is 3.35. The van der Waals surface area contributed by atoms with Crippen LogP contribution in [0.2, 0.25) is 0 Å². The van der Waals surface area contributed by atoms with Crippen LogP contribution in [0.15, 0.2) is 18.2 Å². The maximum Gasteiger partial charge on any atom is 0.340 e. The van der Waals surface area contributed by atoms with Crippen LogP contribution >= 0.6 is 0 Å². The Morgan fingerprint density at radius 3 is 2.78 bits per heavy atom. The van der Waals surface area contributed by atoms with Crippen LogP contribution in [0.25, 0.3) is 0 Å². The van der Waals surface area contributed by atoms with E-state index in [0.29, 0.717) is 5.75 Å². The summed E-state index contributed by atoms with van der Waals surface area (Å²) in [4.78, 5) is 11.1. The van der Waals surface area contributed by atoms with Crippen molar-refractivity contribution in [2.24, 2.45) is 7.05 Å². The average molecular weight is 250 g/mol. The number of nitrogens with zero attached hydrogens (tertiary/aromatic N) is 4. The Morgan fingerprint density at radius 2 is 2.22 bits per heavy atom. The zero-order valence-corrected chi connectivity index (χ0v) is 9.69. The quantitative estimate of drug-likeness (QED) is 0.852. The summed E-state index contributed by atoms with van der Waals surface area (Å²) in [5.41, 5.74) is -0.00111. The van der Waals surface area contributed by atoms with Crippen LogP contribution in [-0.2, 0) is 7.05 Å². The lowest BCUT2D eigenvalue weighted by Gasteiger charge is -2.08. The summed E-state index contributed by atoms with van der Waals surface area (Å²) >= 11 is 0. The van der Waals surface area contributed by atoms with Gasteiger partial charge in [0, 0.05) is 13.1 Å². The molecule has 18 heavy (non-hydrogen) atoms. The molecule has 0 atom stereocenters. The van der Waals surface area contributed by atoms with E-state index in [1.807, 2.05) is 0 Å². The van der Waals surface area contributed by atoms with E-state index in [-0.39, 0.29) is 17.3 Å². The van der Waals surface area contributed by atoms with Crippen LogP contribution in [0.1, 0.15) is 10.4 Å². The molecule has 1 heterocycles. The van der Waals surface area contributed by atoms with Gasteiger partial charge in [0.25, 0.3) is 0 Å². The van der Waals surface area contributed by atoms with E-state index >= 15 is 0 Å². The van der Waals surface area contributed by atoms with Crippen molar-refractivity contribution in [3.63, 3.8) is 0 Å². The third kappa shape index (κ3) is 2.21. The third-order valence-electron chi connectivity index (χ3n) is 2.20. The molecule has 0 saturated heterocycles. The fourth-order valence-electron chi connectivity index (χ4n) is 1.30. The molecule has 1 aromatic heterocycles. The number of methoxy groups -OCH3 is 1. The average Bonchev–Trinajstić information content (AvgIpc) is 2.74. The van der Waals surface area contributed by atoms with Gasteiger partial charge in [-0.1, -0.05) is 5.10 Å². The Morgan fingerprint density at radius 1 is 1.44 bits per heavy atom. The Bertz CT molecular complexity index is 581. The zero-order chi connectivity index (χ0) is 13.1. The first kappa shape index (κ1) is 11.8. The van der Waals surface area contributed by atoms with Crippen molar-refractivity contribution in [1.82, 2.24) is 20.2 Å². The van der Waals surface area contributed by atoms with E-state index in [4.69, 9.17) is 14.6 Å². The maximum absolute atomic E-state index is 11.1.